The van der Waals surface area contributed by atoms with Gasteiger partial charge in [0.25, 0.3) is 0 Å². The highest BCUT2D eigenvalue weighted by atomic mass is 15.2. The van der Waals surface area contributed by atoms with Gasteiger partial charge in [-0.2, -0.15) is 0 Å². The van der Waals surface area contributed by atoms with Gasteiger partial charge in [-0.3, -0.25) is 0 Å². The Morgan fingerprint density at radius 1 is 0.560 bits per heavy atom. The van der Waals surface area contributed by atoms with Crippen LogP contribution in [-0.4, -0.2) is 4.57 Å². The molecule has 0 atom stereocenters. The van der Waals surface area contributed by atoms with Gasteiger partial charge in [0.15, 0.2) is 0 Å². The number of anilines is 5. The van der Waals surface area contributed by atoms with Crippen LogP contribution in [0.2, 0.25) is 0 Å². The Morgan fingerprint density at radius 3 is 1.92 bits per heavy atom. The van der Waals surface area contributed by atoms with Crippen molar-refractivity contribution in [1.29, 1.82) is 0 Å². The first-order chi connectivity index (χ1) is 24.6. The van der Waals surface area contributed by atoms with Gasteiger partial charge in [-0.25, -0.2) is 0 Å². The van der Waals surface area contributed by atoms with Crippen molar-refractivity contribution in [2.75, 3.05) is 9.80 Å². The van der Waals surface area contributed by atoms with Gasteiger partial charge in [0.2, 0.25) is 0 Å². The summed E-state index contributed by atoms with van der Waals surface area (Å²) >= 11 is 0. The average molecular weight is 646 g/mol. The molecule has 6 aromatic rings. The van der Waals surface area contributed by atoms with Crippen LogP contribution in [0.1, 0.15) is 61.8 Å². The van der Waals surface area contributed by atoms with Crippen LogP contribution in [-0.2, 0) is 18.3 Å². The van der Waals surface area contributed by atoms with Gasteiger partial charge in [0.1, 0.15) is 0 Å². The van der Waals surface area contributed by atoms with Gasteiger partial charge in [0, 0.05) is 62.4 Å². The molecule has 3 heteroatoms. The van der Waals surface area contributed by atoms with Crippen LogP contribution in [0.4, 0.5) is 28.4 Å². The van der Waals surface area contributed by atoms with Crippen LogP contribution in [0, 0.1) is 0 Å². The lowest BCUT2D eigenvalue weighted by Crippen LogP contribution is -2.29. The fourth-order valence-corrected chi connectivity index (χ4v) is 9.77. The number of para-hydroxylation sites is 3. The highest BCUT2D eigenvalue weighted by molar-refractivity contribution is 6.15. The van der Waals surface area contributed by atoms with Crippen molar-refractivity contribution in [3.63, 3.8) is 0 Å². The van der Waals surface area contributed by atoms with Crippen molar-refractivity contribution in [3.8, 4) is 0 Å². The molecule has 0 N–H and O–H groups in total. The maximum absolute atomic E-state index is 2.59. The number of rotatable bonds is 2. The second-order valence-corrected chi connectivity index (χ2v) is 15.2. The largest absolute Gasteiger partial charge is 0.310 e. The monoisotopic (exact) mass is 645 g/mol. The van der Waals surface area contributed by atoms with Crippen molar-refractivity contribution >= 4 is 55.9 Å². The maximum Gasteiger partial charge on any atom is 0.0583 e. The Labute approximate surface area is 293 Å². The van der Waals surface area contributed by atoms with E-state index in [4.69, 9.17) is 0 Å². The molecule has 4 heterocycles. The lowest BCUT2D eigenvalue weighted by atomic mass is 9.71. The molecule has 50 heavy (non-hydrogen) atoms. The molecule has 1 aromatic heterocycles. The molecule has 0 radical (unpaired) electrons. The van der Waals surface area contributed by atoms with E-state index in [9.17, 15) is 0 Å². The van der Waals surface area contributed by atoms with E-state index in [1.54, 1.807) is 11.1 Å². The molecule has 5 aliphatic rings. The van der Waals surface area contributed by atoms with Gasteiger partial charge in [-0.15, -0.1) is 0 Å². The molecule has 0 fully saturated rings. The van der Waals surface area contributed by atoms with Crippen molar-refractivity contribution in [2.45, 2.75) is 57.8 Å². The minimum Gasteiger partial charge on any atom is -0.310 e. The minimum absolute atomic E-state index is 0.102. The number of nitrogens with zero attached hydrogens (tertiary/aromatic N) is 3. The van der Waals surface area contributed by atoms with E-state index < -0.39 is 0 Å². The van der Waals surface area contributed by atoms with Gasteiger partial charge < -0.3 is 14.4 Å². The SMILES string of the molecule is CC1(C)C2=C(C=CCC2)n2c3ccc(N4C5=C(CCC=C5)Cc5ccccc54)cc3c3cc(N4c5ccccc5Cc5ccccc54)cc1c32. The van der Waals surface area contributed by atoms with Gasteiger partial charge in [0.05, 0.1) is 11.0 Å². The second kappa shape index (κ2) is 10.2. The standard InChI is InChI=1S/C47H39N3/c1-47(2)38-17-7-12-22-45(38)50-44-24-23-34(48-40-18-8-3-13-30(40)25-31-14-4-9-19-41(31)48)27-36(44)37-28-35(29-39(47)46(37)50)49-42-20-10-5-15-32(42)26-33-16-6-11-21-43(33)49/h3,5-6,8-13,15-16,18-24,27-29H,4,7,14,17,25-26H2,1-2H3. The van der Waals surface area contributed by atoms with Crippen molar-refractivity contribution in [3.05, 3.63) is 167 Å². The molecule has 0 bridgehead atoms. The number of hydrogen-bond acceptors (Lipinski definition) is 2. The van der Waals surface area contributed by atoms with Gasteiger partial charge in [-0.05, 0) is 126 Å². The van der Waals surface area contributed by atoms with Crippen molar-refractivity contribution < 1.29 is 0 Å². The average Bonchev–Trinajstić information content (AvgIpc) is 3.48. The Bertz CT molecular complexity index is 2540. The molecule has 11 rings (SSSR count). The molecular weight excluding hydrogens is 607 g/mol. The molecule has 0 spiro atoms. The van der Waals surface area contributed by atoms with Crippen LogP contribution < -0.4 is 9.80 Å². The predicted molar refractivity (Wildman–Crippen MR) is 209 cm³/mol. The highest BCUT2D eigenvalue weighted by Gasteiger charge is 2.38. The third kappa shape index (κ3) is 3.81. The Morgan fingerprint density at radius 2 is 1.18 bits per heavy atom. The van der Waals surface area contributed by atoms with E-state index >= 15 is 0 Å². The first-order valence-corrected chi connectivity index (χ1v) is 18.3. The highest BCUT2D eigenvalue weighted by Crippen LogP contribution is 2.54. The fourth-order valence-electron chi connectivity index (χ4n) is 9.77. The summed E-state index contributed by atoms with van der Waals surface area (Å²) in [5.74, 6) is 0. The molecule has 0 saturated carbocycles. The summed E-state index contributed by atoms with van der Waals surface area (Å²) in [6.07, 6.45) is 15.9. The molecule has 0 unspecified atom stereocenters. The summed E-state index contributed by atoms with van der Waals surface area (Å²) in [5, 5.41) is 2.64. The Hall–Kier alpha value is -5.54. The number of allylic oxidation sites excluding steroid dienone is 7. The van der Waals surface area contributed by atoms with Crippen molar-refractivity contribution in [1.82, 2.24) is 4.57 Å². The zero-order chi connectivity index (χ0) is 33.1. The smallest absolute Gasteiger partial charge is 0.0583 e. The van der Waals surface area contributed by atoms with Crippen LogP contribution in [0.25, 0.3) is 27.5 Å². The molecular formula is C47H39N3. The van der Waals surface area contributed by atoms with E-state index in [0.29, 0.717) is 0 Å². The van der Waals surface area contributed by atoms with E-state index in [2.05, 4.69) is 156 Å². The summed E-state index contributed by atoms with van der Waals surface area (Å²) in [4.78, 5) is 5.06. The quantitative estimate of drug-likeness (QED) is 0.185. The molecule has 242 valence electrons. The normalized spacial score (nSPS) is 18.3. The molecule has 5 aromatic carbocycles. The molecule has 3 aliphatic heterocycles. The number of hydrogen-bond donors (Lipinski definition) is 0. The topological polar surface area (TPSA) is 11.4 Å². The van der Waals surface area contributed by atoms with E-state index in [1.165, 1.54) is 83.9 Å². The van der Waals surface area contributed by atoms with E-state index in [-0.39, 0.29) is 5.41 Å². The maximum atomic E-state index is 2.59. The van der Waals surface area contributed by atoms with E-state index in [0.717, 1.165) is 38.5 Å². The summed E-state index contributed by atoms with van der Waals surface area (Å²) in [5.41, 5.74) is 20.3. The van der Waals surface area contributed by atoms with Crippen molar-refractivity contribution in [2.24, 2.45) is 0 Å². The third-order valence-corrected chi connectivity index (χ3v) is 12.1. The van der Waals surface area contributed by atoms with Gasteiger partial charge in [-0.1, -0.05) is 80.6 Å². The zero-order valence-electron chi connectivity index (χ0n) is 28.7. The summed E-state index contributed by atoms with van der Waals surface area (Å²) < 4.78 is 2.59. The molecule has 3 nitrogen and oxygen atoms in total. The second-order valence-electron chi connectivity index (χ2n) is 15.2. The lowest BCUT2D eigenvalue weighted by molar-refractivity contribution is 0.585. The summed E-state index contributed by atoms with van der Waals surface area (Å²) in [7, 11) is 0. The summed E-state index contributed by atoms with van der Waals surface area (Å²) in [6.45, 7) is 4.91. The number of fused-ring (bicyclic) bond motifs is 7. The zero-order valence-corrected chi connectivity index (χ0v) is 28.7. The van der Waals surface area contributed by atoms with Crippen LogP contribution in [0.3, 0.4) is 0 Å². The predicted octanol–water partition coefficient (Wildman–Crippen LogP) is 12.3. The van der Waals surface area contributed by atoms with E-state index in [1.807, 2.05) is 0 Å². The Kier molecular flexibility index (Phi) is 5.80. The Balaban J connectivity index is 1.22. The number of benzene rings is 5. The summed E-state index contributed by atoms with van der Waals surface area (Å²) in [6, 6.07) is 39.2. The molecule has 0 saturated heterocycles. The van der Waals surface area contributed by atoms with Gasteiger partial charge >= 0.3 is 0 Å². The lowest BCUT2D eigenvalue weighted by Gasteiger charge is -2.39. The number of aromatic nitrogens is 1. The molecule has 0 amide bonds. The first-order valence-electron chi connectivity index (χ1n) is 18.3. The third-order valence-electron chi connectivity index (χ3n) is 12.1. The van der Waals surface area contributed by atoms with Crippen LogP contribution in [0.15, 0.2) is 144 Å². The first kappa shape index (κ1) is 28.3. The fraction of sp³-hybridized carbons (Fsp3) is 0.191. The van der Waals surface area contributed by atoms with Crippen LogP contribution in [0.5, 0.6) is 0 Å². The molecule has 2 aliphatic carbocycles. The minimum atomic E-state index is -0.102. The van der Waals surface area contributed by atoms with Crippen LogP contribution >= 0.6 is 0 Å².